The molecule has 0 aromatic heterocycles. The van der Waals surface area contributed by atoms with E-state index < -0.39 is 0 Å². The van der Waals surface area contributed by atoms with Crippen molar-refractivity contribution in [1.82, 2.24) is 15.1 Å². The Bertz CT molecular complexity index is 832. The molecule has 2 aromatic rings. The van der Waals surface area contributed by atoms with Gasteiger partial charge in [0.25, 0.3) is 0 Å². The fourth-order valence-electron chi connectivity index (χ4n) is 3.50. The number of benzene rings is 2. The Balaban J connectivity index is 1.50. The van der Waals surface area contributed by atoms with Gasteiger partial charge >= 0.3 is 0 Å². The highest BCUT2D eigenvalue weighted by Gasteiger charge is 2.21. The highest BCUT2D eigenvalue weighted by atomic mass is 16.5. The Morgan fingerprint density at radius 1 is 1.10 bits per heavy atom. The smallest absolute Gasteiger partial charge is 0.194 e. The molecule has 2 aromatic carbocycles. The first kappa shape index (κ1) is 21.8. The number of likely N-dealkylation sites (N-methyl/N-ethyl adjacent to an activating group) is 1. The van der Waals surface area contributed by atoms with Crippen molar-refractivity contribution in [3.8, 4) is 11.5 Å². The normalized spacial score (nSPS) is 14.9. The van der Waals surface area contributed by atoms with E-state index in [4.69, 9.17) is 4.74 Å². The van der Waals surface area contributed by atoms with Gasteiger partial charge in [-0.15, -0.1) is 0 Å². The Morgan fingerprint density at radius 3 is 2.57 bits per heavy atom. The van der Waals surface area contributed by atoms with Crippen LogP contribution in [0.4, 0.5) is 5.69 Å². The van der Waals surface area contributed by atoms with Crippen molar-refractivity contribution in [1.29, 1.82) is 0 Å². The van der Waals surface area contributed by atoms with Crippen LogP contribution in [0, 0.1) is 0 Å². The first-order valence-corrected chi connectivity index (χ1v) is 10.4. The first-order valence-electron chi connectivity index (χ1n) is 10.4. The molecule has 0 spiro atoms. The van der Waals surface area contributed by atoms with E-state index in [-0.39, 0.29) is 0 Å². The van der Waals surface area contributed by atoms with Crippen molar-refractivity contribution in [2.45, 2.75) is 6.54 Å². The average molecular weight is 412 g/mol. The Labute approximate surface area is 179 Å². The second kappa shape index (κ2) is 10.7. The third-order valence-corrected chi connectivity index (χ3v) is 5.17. The summed E-state index contributed by atoms with van der Waals surface area (Å²) in [7, 11) is 5.90. The molecule has 1 aliphatic rings. The van der Waals surface area contributed by atoms with E-state index in [9.17, 15) is 5.11 Å². The Morgan fingerprint density at radius 2 is 1.87 bits per heavy atom. The van der Waals surface area contributed by atoms with Gasteiger partial charge in [0.05, 0.1) is 5.69 Å². The van der Waals surface area contributed by atoms with E-state index in [0.717, 1.165) is 55.7 Å². The zero-order valence-electron chi connectivity index (χ0n) is 18.2. The summed E-state index contributed by atoms with van der Waals surface area (Å²) in [6.07, 6.45) is 0. The number of piperazine rings is 1. The zero-order chi connectivity index (χ0) is 21.3. The topological polar surface area (TPSA) is 63.6 Å². The number of nitrogens with one attached hydrogen (secondary N) is 1. The van der Waals surface area contributed by atoms with Gasteiger partial charge in [0.15, 0.2) is 5.96 Å². The summed E-state index contributed by atoms with van der Waals surface area (Å²) in [6, 6.07) is 15.7. The number of anilines is 1. The Kier molecular flexibility index (Phi) is 7.79. The standard InChI is InChI=1S/C23H33N5O2/c1-24-23(25-18-19-7-6-8-20(17-19)30-16-15-26(2)3)28-13-11-27(12-14-28)21-9-4-5-10-22(21)29/h4-10,17,29H,11-16,18H2,1-3H3,(H,24,25). The van der Waals surface area contributed by atoms with E-state index in [1.54, 1.807) is 6.07 Å². The number of aromatic hydroxyl groups is 1. The lowest BCUT2D eigenvalue weighted by molar-refractivity contribution is 0.261. The molecule has 162 valence electrons. The van der Waals surface area contributed by atoms with Crippen LogP contribution in [0.3, 0.4) is 0 Å². The van der Waals surface area contributed by atoms with Gasteiger partial charge in [-0.25, -0.2) is 0 Å². The van der Waals surface area contributed by atoms with Gasteiger partial charge in [0.1, 0.15) is 18.1 Å². The van der Waals surface area contributed by atoms with Crippen LogP contribution in [0.15, 0.2) is 53.5 Å². The van der Waals surface area contributed by atoms with Gasteiger partial charge in [0.2, 0.25) is 0 Å². The van der Waals surface area contributed by atoms with Gasteiger partial charge in [-0.05, 0) is 43.9 Å². The van der Waals surface area contributed by atoms with E-state index in [1.807, 2.05) is 51.5 Å². The SMILES string of the molecule is CN=C(NCc1cccc(OCCN(C)C)c1)N1CCN(c2ccccc2O)CC1. The van der Waals surface area contributed by atoms with Crippen LogP contribution in [0.5, 0.6) is 11.5 Å². The van der Waals surface area contributed by atoms with Gasteiger partial charge in [-0.1, -0.05) is 24.3 Å². The maximum absolute atomic E-state index is 10.1. The molecule has 7 nitrogen and oxygen atoms in total. The minimum absolute atomic E-state index is 0.334. The van der Waals surface area contributed by atoms with E-state index in [2.05, 4.69) is 37.1 Å². The quantitative estimate of drug-likeness (QED) is 0.538. The Hall–Kier alpha value is -2.93. The van der Waals surface area contributed by atoms with E-state index >= 15 is 0 Å². The van der Waals surface area contributed by atoms with Crippen LogP contribution in [0.1, 0.15) is 5.56 Å². The minimum Gasteiger partial charge on any atom is -0.506 e. The fourth-order valence-corrected chi connectivity index (χ4v) is 3.50. The molecule has 0 radical (unpaired) electrons. The second-order valence-electron chi connectivity index (χ2n) is 7.66. The van der Waals surface area contributed by atoms with Crippen LogP contribution in [0.25, 0.3) is 0 Å². The molecular weight excluding hydrogens is 378 g/mol. The minimum atomic E-state index is 0.334. The van der Waals surface area contributed by atoms with Crippen molar-refractivity contribution < 1.29 is 9.84 Å². The van der Waals surface area contributed by atoms with Crippen molar-refractivity contribution >= 4 is 11.6 Å². The molecule has 1 fully saturated rings. The molecule has 3 rings (SSSR count). The van der Waals surface area contributed by atoms with Crippen LogP contribution in [-0.4, -0.2) is 81.3 Å². The number of phenols is 1. The number of guanidine groups is 1. The number of rotatable bonds is 7. The van der Waals surface area contributed by atoms with Crippen LogP contribution < -0.4 is 15.0 Å². The van der Waals surface area contributed by atoms with Crippen molar-refractivity contribution in [2.24, 2.45) is 4.99 Å². The molecular formula is C23H33N5O2. The van der Waals surface area contributed by atoms with E-state index in [1.165, 1.54) is 0 Å². The third-order valence-electron chi connectivity index (χ3n) is 5.17. The van der Waals surface area contributed by atoms with Gasteiger partial charge in [-0.2, -0.15) is 0 Å². The lowest BCUT2D eigenvalue weighted by Gasteiger charge is -2.37. The summed E-state index contributed by atoms with van der Waals surface area (Å²) in [6.45, 7) is 5.64. The summed E-state index contributed by atoms with van der Waals surface area (Å²) in [5, 5.41) is 13.6. The lowest BCUT2D eigenvalue weighted by atomic mass is 10.2. The zero-order valence-corrected chi connectivity index (χ0v) is 18.2. The number of aliphatic imine (C=N–C) groups is 1. The summed E-state index contributed by atoms with van der Waals surface area (Å²) in [5.41, 5.74) is 2.05. The number of hydrogen-bond donors (Lipinski definition) is 2. The molecule has 0 amide bonds. The van der Waals surface area contributed by atoms with Crippen LogP contribution >= 0.6 is 0 Å². The lowest BCUT2D eigenvalue weighted by Crippen LogP contribution is -2.52. The van der Waals surface area contributed by atoms with Crippen molar-refractivity contribution in [3.63, 3.8) is 0 Å². The third kappa shape index (κ3) is 6.03. The molecule has 0 aliphatic carbocycles. The monoisotopic (exact) mass is 411 g/mol. The van der Waals surface area contributed by atoms with Gasteiger partial charge in [-0.3, -0.25) is 4.99 Å². The second-order valence-corrected chi connectivity index (χ2v) is 7.66. The summed E-state index contributed by atoms with van der Waals surface area (Å²) in [5.74, 6) is 2.12. The molecule has 0 unspecified atom stereocenters. The summed E-state index contributed by atoms with van der Waals surface area (Å²) < 4.78 is 5.83. The molecule has 1 saturated heterocycles. The van der Waals surface area contributed by atoms with E-state index in [0.29, 0.717) is 18.9 Å². The number of para-hydroxylation sites is 2. The maximum Gasteiger partial charge on any atom is 0.194 e. The highest BCUT2D eigenvalue weighted by molar-refractivity contribution is 5.80. The first-order chi connectivity index (χ1) is 14.6. The van der Waals surface area contributed by atoms with Crippen molar-refractivity contribution in [2.75, 3.05) is 65.4 Å². The summed E-state index contributed by atoms with van der Waals surface area (Å²) >= 11 is 0. The largest absolute Gasteiger partial charge is 0.506 e. The van der Waals surface area contributed by atoms with Crippen molar-refractivity contribution in [3.05, 3.63) is 54.1 Å². The number of ether oxygens (including phenoxy) is 1. The molecule has 0 atom stereocenters. The van der Waals surface area contributed by atoms with Gasteiger partial charge in [0, 0.05) is 46.3 Å². The molecule has 1 heterocycles. The molecule has 1 aliphatic heterocycles. The summed E-state index contributed by atoms with van der Waals surface area (Å²) in [4.78, 5) is 11.0. The molecule has 7 heteroatoms. The number of hydrogen-bond acceptors (Lipinski definition) is 5. The van der Waals surface area contributed by atoms with Crippen LogP contribution in [0.2, 0.25) is 0 Å². The number of phenolic OH excluding ortho intramolecular Hbond substituents is 1. The fraction of sp³-hybridized carbons (Fsp3) is 0.435. The number of nitrogens with zero attached hydrogens (tertiary/aromatic N) is 4. The molecule has 0 bridgehead atoms. The van der Waals surface area contributed by atoms with Crippen LogP contribution in [-0.2, 0) is 6.54 Å². The highest BCUT2D eigenvalue weighted by Crippen LogP contribution is 2.27. The molecule has 30 heavy (non-hydrogen) atoms. The average Bonchev–Trinajstić information content (AvgIpc) is 2.75. The predicted octanol–water partition coefficient (Wildman–Crippen LogP) is 2.23. The molecule has 2 N–H and O–H groups in total. The molecule has 0 saturated carbocycles. The van der Waals surface area contributed by atoms with Gasteiger partial charge < -0.3 is 29.9 Å². The maximum atomic E-state index is 10.1. The predicted molar refractivity (Wildman–Crippen MR) is 123 cm³/mol.